The highest BCUT2D eigenvalue weighted by Gasteiger charge is 2.21. The number of benzene rings is 2. The van der Waals surface area contributed by atoms with Crippen molar-refractivity contribution in [2.75, 3.05) is 25.5 Å². The molecule has 2 aromatic rings. The molecule has 1 aliphatic rings. The van der Waals surface area contributed by atoms with Crippen LogP contribution in [0, 0.1) is 0 Å². The molecule has 1 aliphatic heterocycles. The summed E-state index contributed by atoms with van der Waals surface area (Å²) in [5.41, 5.74) is 2.85. The summed E-state index contributed by atoms with van der Waals surface area (Å²) in [6, 6.07) is 15.1. The number of ether oxygens (including phenoxy) is 1. The maximum Gasteiger partial charge on any atom is 0.258 e. The number of nitrogens with one attached hydrogen (secondary N) is 2. The van der Waals surface area contributed by atoms with Gasteiger partial charge in [-0.1, -0.05) is 35.9 Å². The summed E-state index contributed by atoms with van der Waals surface area (Å²) < 4.78 is 5.35. The van der Waals surface area contributed by atoms with Crippen LogP contribution in [0.5, 0.6) is 0 Å². The first-order chi connectivity index (χ1) is 11.7. The van der Waals surface area contributed by atoms with Crippen LogP contribution in [-0.4, -0.2) is 26.1 Å². The standard InChI is InChI=1S/C19H21ClN2O2/c1-24-18(14-2-6-16(20)7-3-14)19(23)22-17-8-4-13(5-9-17)15-10-11-21-12-15/h2-9,15,18,21H,10-12H2,1H3,(H,22,23)/t15?,18-/m0/s1. The van der Waals surface area contributed by atoms with E-state index in [2.05, 4.69) is 22.8 Å². The van der Waals surface area contributed by atoms with Gasteiger partial charge >= 0.3 is 0 Å². The Bertz CT molecular complexity index is 680. The third kappa shape index (κ3) is 3.96. The number of anilines is 1. The average molecular weight is 345 g/mol. The summed E-state index contributed by atoms with van der Waals surface area (Å²) >= 11 is 5.89. The van der Waals surface area contributed by atoms with Crippen LogP contribution in [0.2, 0.25) is 5.02 Å². The third-order valence-electron chi connectivity index (χ3n) is 4.36. The second kappa shape index (κ2) is 7.79. The predicted octanol–water partition coefficient (Wildman–Crippen LogP) is 3.74. The van der Waals surface area contributed by atoms with Gasteiger partial charge in [-0.15, -0.1) is 0 Å². The van der Waals surface area contributed by atoms with E-state index in [0.29, 0.717) is 10.9 Å². The number of carbonyl (C=O) groups excluding carboxylic acids is 1. The number of hydrogen-bond acceptors (Lipinski definition) is 3. The van der Waals surface area contributed by atoms with Gasteiger partial charge in [0.1, 0.15) is 0 Å². The molecule has 0 aliphatic carbocycles. The van der Waals surface area contributed by atoms with Crippen LogP contribution in [0.1, 0.15) is 29.6 Å². The molecule has 5 heteroatoms. The molecule has 1 saturated heterocycles. The Morgan fingerprint density at radius 2 is 1.92 bits per heavy atom. The molecular weight excluding hydrogens is 324 g/mol. The summed E-state index contributed by atoms with van der Waals surface area (Å²) in [7, 11) is 1.52. The molecule has 1 unspecified atom stereocenters. The zero-order valence-corrected chi connectivity index (χ0v) is 14.3. The molecule has 126 valence electrons. The highest BCUT2D eigenvalue weighted by Crippen LogP contribution is 2.25. The Balaban J connectivity index is 1.67. The van der Waals surface area contributed by atoms with Gasteiger partial charge in [0, 0.05) is 24.4 Å². The number of rotatable bonds is 5. The Morgan fingerprint density at radius 1 is 1.21 bits per heavy atom. The minimum Gasteiger partial charge on any atom is -0.367 e. The molecule has 0 spiro atoms. The lowest BCUT2D eigenvalue weighted by molar-refractivity contribution is -0.126. The molecule has 1 fully saturated rings. The van der Waals surface area contributed by atoms with Gasteiger partial charge in [-0.05, 0) is 54.3 Å². The van der Waals surface area contributed by atoms with E-state index in [1.165, 1.54) is 12.7 Å². The largest absolute Gasteiger partial charge is 0.367 e. The van der Waals surface area contributed by atoms with Gasteiger partial charge in [-0.25, -0.2) is 0 Å². The first-order valence-corrected chi connectivity index (χ1v) is 8.45. The predicted molar refractivity (Wildman–Crippen MR) is 96.5 cm³/mol. The zero-order valence-electron chi connectivity index (χ0n) is 13.6. The quantitative estimate of drug-likeness (QED) is 0.868. The van der Waals surface area contributed by atoms with E-state index in [0.717, 1.165) is 30.8 Å². The Morgan fingerprint density at radius 3 is 2.50 bits per heavy atom. The monoisotopic (exact) mass is 344 g/mol. The van der Waals surface area contributed by atoms with Crippen LogP contribution in [0.3, 0.4) is 0 Å². The van der Waals surface area contributed by atoms with Crippen LogP contribution < -0.4 is 10.6 Å². The van der Waals surface area contributed by atoms with Gasteiger partial charge in [-0.2, -0.15) is 0 Å². The lowest BCUT2D eigenvalue weighted by atomic mass is 9.98. The zero-order chi connectivity index (χ0) is 16.9. The fourth-order valence-electron chi connectivity index (χ4n) is 3.02. The number of halogens is 1. The summed E-state index contributed by atoms with van der Waals surface area (Å²) in [6.45, 7) is 2.09. The van der Waals surface area contributed by atoms with E-state index >= 15 is 0 Å². The van der Waals surface area contributed by atoms with Crippen molar-refractivity contribution in [2.45, 2.75) is 18.4 Å². The maximum atomic E-state index is 12.5. The van der Waals surface area contributed by atoms with Crippen molar-refractivity contribution in [2.24, 2.45) is 0 Å². The van der Waals surface area contributed by atoms with Crippen LogP contribution in [-0.2, 0) is 9.53 Å². The molecular formula is C19H21ClN2O2. The molecule has 0 bridgehead atoms. The number of methoxy groups -OCH3 is 1. The Labute approximate surface area is 147 Å². The minimum absolute atomic E-state index is 0.199. The van der Waals surface area contributed by atoms with Crippen LogP contribution >= 0.6 is 11.6 Å². The lowest BCUT2D eigenvalue weighted by Crippen LogP contribution is -2.22. The Kier molecular flexibility index (Phi) is 5.51. The normalized spacial score (nSPS) is 18.3. The van der Waals surface area contributed by atoms with E-state index < -0.39 is 6.10 Å². The van der Waals surface area contributed by atoms with Crippen molar-refractivity contribution >= 4 is 23.2 Å². The highest BCUT2D eigenvalue weighted by atomic mass is 35.5. The minimum atomic E-state index is -0.666. The fourth-order valence-corrected chi connectivity index (χ4v) is 3.14. The van der Waals surface area contributed by atoms with Crippen molar-refractivity contribution in [3.63, 3.8) is 0 Å². The molecule has 4 nitrogen and oxygen atoms in total. The van der Waals surface area contributed by atoms with Crippen molar-refractivity contribution in [1.82, 2.24) is 5.32 Å². The molecule has 0 radical (unpaired) electrons. The molecule has 1 heterocycles. The second-order valence-corrected chi connectivity index (χ2v) is 6.40. The van der Waals surface area contributed by atoms with Crippen LogP contribution in [0.25, 0.3) is 0 Å². The van der Waals surface area contributed by atoms with Gasteiger partial charge in [-0.3, -0.25) is 4.79 Å². The van der Waals surface area contributed by atoms with Crippen molar-refractivity contribution in [3.8, 4) is 0 Å². The van der Waals surface area contributed by atoms with Gasteiger partial charge in [0.25, 0.3) is 5.91 Å². The molecule has 3 rings (SSSR count). The smallest absolute Gasteiger partial charge is 0.258 e. The number of carbonyl (C=O) groups is 1. The summed E-state index contributed by atoms with van der Waals surface area (Å²) in [5, 5.41) is 6.91. The maximum absolute atomic E-state index is 12.5. The fraction of sp³-hybridized carbons (Fsp3) is 0.316. The van der Waals surface area contributed by atoms with Crippen molar-refractivity contribution in [1.29, 1.82) is 0 Å². The van der Waals surface area contributed by atoms with Crippen LogP contribution in [0.4, 0.5) is 5.69 Å². The highest BCUT2D eigenvalue weighted by molar-refractivity contribution is 6.30. The summed E-state index contributed by atoms with van der Waals surface area (Å²) in [4.78, 5) is 12.5. The van der Waals surface area contributed by atoms with Gasteiger partial charge in [0.15, 0.2) is 6.10 Å². The van der Waals surface area contributed by atoms with E-state index in [1.807, 2.05) is 12.1 Å². The third-order valence-corrected chi connectivity index (χ3v) is 4.61. The first kappa shape index (κ1) is 17.0. The Hall–Kier alpha value is -1.88. The summed E-state index contributed by atoms with van der Waals surface area (Å²) in [5.74, 6) is 0.366. The molecule has 0 saturated carbocycles. The SMILES string of the molecule is CO[C@H](C(=O)Nc1ccc(C2CCNC2)cc1)c1ccc(Cl)cc1. The van der Waals surface area contributed by atoms with E-state index in [9.17, 15) is 4.79 Å². The summed E-state index contributed by atoms with van der Waals surface area (Å²) in [6.07, 6.45) is 0.495. The molecule has 1 amide bonds. The molecule has 24 heavy (non-hydrogen) atoms. The van der Waals surface area contributed by atoms with E-state index in [-0.39, 0.29) is 5.91 Å². The second-order valence-electron chi connectivity index (χ2n) is 5.97. The van der Waals surface area contributed by atoms with Gasteiger partial charge in [0.05, 0.1) is 0 Å². The molecule has 2 aromatic carbocycles. The first-order valence-electron chi connectivity index (χ1n) is 8.07. The topological polar surface area (TPSA) is 50.4 Å². The number of amides is 1. The van der Waals surface area contributed by atoms with Crippen LogP contribution in [0.15, 0.2) is 48.5 Å². The number of hydrogen-bond donors (Lipinski definition) is 2. The van der Waals surface area contributed by atoms with E-state index in [4.69, 9.17) is 16.3 Å². The van der Waals surface area contributed by atoms with Gasteiger partial charge in [0.2, 0.25) is 0 Å². The molecule has 2 atom stereocenters. The van der Waals surface area contributed by atoms with Crippen molar-refractivity contribution in [3.05, 3.63) is 64.7 Å². The van der Waals surface area contributed by atoms with Crippen molar-refractivity contribution < 1.29 is 9.53 Å². The lowest BCUT2D eigenvalue weighted by Gasteiger charge is -2.16. The molecule has 2 N–H and O–H groups in total. The average Bonchev–Trinajstić information content (AvgIpc) is 3.12. The molecule has 0 aromatic heterocycles. The van der Waals surface area contributed by atoms with E-state index in [1.54, 1.807) is 24.3 Å². The van der Waals surface area contributed by atoms with Gasteiger partial charge < -0.3 is 15.4 Å².